The van der Waals surface area contributed by atoms with Crippen molar-refractivity contribution in [1.29, 1.82) is 0 Å². The zero-order chi connectivity index (χ0) is 15.0. The third-order valence-corrected chi connectivity index (χ3v) is 2.46. The van der Waals surface area contributed by atoms with Gasteiger partial charge in [0.05, 0.1) is 6.61 Å². The molecular formula is C13H17F3N2O2. The van der Waals surface area contributed by atoms with Crippen LogP contribution in [-0.4, -0.2) is 25.3 Å². The number of benzene rings is 1. The highest BCUT2D eigenvalue weighted by Crippen LogP contribution is 2.14. The van der Waals surface area contributed by atoms with Gasteiger partial charge in [0.15, 0.2) is 0 Å². The summed E-state index contributed by atoms with van der Waals surface area (Å²) in [6, 6.07) is 7.40. The summed E-state index contributed by atoms with van der Waals surface area (Å²) < 4.78 is 39.7. The van der Waals surface area contributed by atoms with Gasteiger partial charge < -0.3 is 15.8 Å². The maximum absolute atomic E-state index is 11.8. The highest BCUT2D eigenvalue weighted by atomic mass is 19.4. The molecule has 0 radical (unpaired) electrons. The van der Waals surface area contributed by atoms with E-state index in [0.29, 0.717) is 13.1 Å². The average molecular weight is 290 g/mol. The summed E-state index contributed by atoms with van der Waals surface area (Å²) >= 11 is 0. The number of amides is 1. The van der Waals surface area contributed by atoms with Gasteiger partial charge in [-0.1, -0.05) is 24.3 Å². The van der Waals surface area contributed by atoms with Crippen LogP contribution < -0.4 is 11.1 Å². The first kappa shape index (κ1) is 16.5. The van der Waals surface area contributed by atoms with Crippen molar-refractivity contribution in [3.05, 3.63) is 35.4 Å². The van der Waals surface area contributed by atoms with E-state index in [1.54, 1.807) is 0 Å². The number of carbonyl (C=O) groups is 1. The van der Waals surface area contributed by atoms with Gasteiger partial charge in [0, 0.05) is 19.5 Å². The lowest BCUT2D eigenvalue weighted by molar-refractivity contribution is -0.174. The number of alkyl halides is 3. The Hall–Kier alpha value is -1.60. The zero-order valence-electron chi connectivity index (χ0n) is 10.9. The Kier molecular flexibility index (Phi) is 6.47. The molecule has 0 aliphatic heterocycles. The molecule has 0 heterocycles. The number of hydrogen-bond acceptors (Lipinski definition) is 3. The van der Waals surface area contributed by atoms with E-state index in [0.717, 1.165) is 11.1 Å². The van der Waals surface area contributed by atoms with E-state index in [1.807, 2.05) is 24.3 Å². The minimum atomic E-state index is -4.36. The fourth-order valence-electron chi connectivity index (χ4n) is 1.51. The molecule has 0 saturated carbocycles. The van der Waals surface area contributed by atoms with E-state index in [4.69, 9.17) is 5.73 Å². The lowest BCUT2D eigenvalue weighted by Crippen LogP contribution is -2.25. The number of hydrogen-bond donors (Lipinski definition) is 2. The highest BCUT2D eigenvalue weighted by Gasteiger charge is 2.27. The standard InChI is InChI=1S/C13H17F3N2O2/c14-13(15,16)9-20-5-4-12(19)18-8-11-3-1-2-10(6-11)7-17/h1-3,6H,4-5,7-9,17H2,(H,18,19). The minimum Gasteiger partial charge on any atom is -0.372 e. The lowest BCUT2D eigenvalue weighted by Gasteiger charge is -2.08. The van der Waals surface area contributed by atoms with Crippen molar-refractivity contribution in [1.82, 2.24) is 5.32 Å². The van der Waals surface area contributed by atoms with Gasteiger partial charge in [-0.15, -0.1) is 0 Å². The molecule has 0 unspecified atom stereocenters. The Balaban J connectivity index is 2.22. The third-order valence-electron chi connectivity index (χ3n) is 2.46. The zero-order valence-corrected chi connectivity index (χ0v) is 10.9. The maximum atomic E-state index is 11.8. The highest BCUT2D eigenvalue weighted by molar-refractivity contribution is 5.75. The predicted octanol–water partition coefficient (Wildman–Crippen LogP) is 1.73. The fourth-order valence-corrected chi connectivity index (χ4v) is 1.51. The molecule has 0 aliphatic carbocycles. The van der Waals surface area contributed by atoms with Gasteiger partial charge in [0.1, 0.15) is 6.61 Å². The Morgan fingerprint density at radius 2 is 2.00 bits per heavy atom. The number of nitrogens with one attached hydrogen (secondary N) is 1. The van der Waals surface area contributed by atoms with Gasteiger partial charge in [-0.05, 0) is 11.1 Å². The van der Waals surface area contributed by atoms with Crippen molar-refractivity contribution in [3.63, 3.8) is 0 Å². The monoisotopic (exact) mass is 290 g/mol. The lowest BCUT2D eigenvalue weighted by atomic mass is 10.1. The first-order valence-corrected chi connectivity index (χ1v) is 6.10. The Labute approximate surface area is 115 Å². The molecule has 4 nitrogen and oxygen atoms in total. The third kappa shape index (κ3) is 7.10. The smallest absolute Gasteiger partial charge is 0.372 e. The first-order chi connectivity index (χ1) is 9.40. The van der Waals surface area contributed by atoms with E-state index in [2.05, 4.69) is 10.1 Å². The second kappa shape index (κ2) is 7.86. The van der Waals surface area contributed by atoms with Gasteiger partial charge in [0.25, 0.3) is 0 Å². The summed E-state index contributed by atoms with van der Waals surface area (Å²) in [6.45, 7) is -0.869. The molecule has 1 rings (SSSR count). The quantitative estimate of drug-likeness (QED) is 0.752. The van der Waals surface area contributed by atoms with E-state index < -0.39 is 12.8 Å². The van der Waals surface area contributed by atoms with E-state index in [9.17, 15) is 18.0 Å². The molecule has 0 bridgehead atoms. The normalized spacial score (nSPS) is 11.4. The molecule has 0 spiro atoms. The summed E-state index contributed by atoms with van der Waals surface area (Å²) in [5, 5.41) is 2.61. The van der Waals surface area contributed by atoms with Crippen molar-refractivity contribution in [2.45, 2.75) is 25.7 Å². The van der Waals surface area contributed by atoms with Crippen molar-refractivity contribution >= 4 is 5.91 Å². The number of rotatable bonds is 7. The van der Waals surface area contributed by atoms with Crippen molar-refractivity contribution in [3.8, 4) is 0 Å². The van der Waals surface area contributed by atoms with Crippen molar-refractivity contribution in [2.75, 3.05) is 13.2 Å². The van der Waals surface area contributed by atoms with Gasteiger partial charge in [-0.2, -0.15) is 13.2 Å². The minimum absolute atomic E-state index is 0.105. The van der Waals surface area contributed by atoms with Crippen LogP contribution in [0.4, 0.5) is 13.2 Å². The molecule has 0 aliphatic rings. The fraction of sp³-hybridized carbons (Fsp3) is 0.462. The number of carbonyl (C=O) groups excluding carboxylic acids is 1. The molecule has 3 N–H and O–H groups in total. The van der Waals surface area contributed by atoms with Gasteiger partial charge in [0.2, 0.25) is 5.91 Å². The molecular weight excluding hydrogens is 273 g/mol. The van der Waals surface area contributed by atoms with Crippen LogP contribution in [0.5, 0.6) is 0 Å². The summed E-state index contributed by atoms with van der Waals surface area (Å²) in [6.07, 6.45) is -4.47. The topological polar surface area (TPSA) is 64.3 Å². The van der Waals surface area contributed by atoms with Crippen molar-refractivity contribution in [2.24, 2.45) is 5.73 Å². The van der Waals surface area contributed by atoms with E-state index >= 15 is 0 Å². The predicted molar refractivity (Wildman–Crippen MR) is 67.7 cm³/mol. The van der Waals surface area contributed by atoms with Gasteiger partial charge in [-0.25, -0.2) is 0 Å². The van der Waals surface area contributed by atoms with Gasteiger partial charge >= 0.3 is 6.18 Å². The number of nitrogens with two attached hydrogens (primary N) is 1. The number of ether oxygens (including phenoxy) is 1. The summed E-state index contributed by atoms with van der Waals surface area (Å²) in [7, 11) is 0. The second-order valence-corrected chi connectivity index (χ2v) is 4.22. The van der Waals surface area contributed by atoms with Crippen LogP contribution in [-0.2, 0) is 22.6 Å². The molecule has 20 heavy (non-hydrogen) atoms. The molecule has 0 aromatic heterocycles. The van der Waals surface area contributed by atoms with Crippen LogP contribution in [0.3, 0.4) is 0 Å². The van der Waals surface area contributed by atoms with E-state index in [1.165, 1.54) is 0 Å². The molecule has 1 amide bonds. The van der Waals surface area contributed by atoms with Gasteiger partial charge in [-0.3, -0.25) is 4.79 Å². The molecule has 1 aromatic rings. The summed E-state index contributed by atoms with van der Waals surface area (Å²) in [5.74, 6) is -0.356. The average Bonchev–Trinajstić information content (AvgIpc) is 2.40. The molecule has 1 aromatic carbocycles. The SMILES string of the molecule is NCc1cccc(CNC(=O)CCOCC(F)(F)F)c1. The Bertz CT molecular complexity index is 436. The largest absolute Gasteiger partial charge is 0.411 e. The van der Waals surface area contributed by atoms with Crippen molar-refractivity contribution < 1.29 is 22.7 Å². The summed E-state index contributed by atoms with van der Waals surface area (Å²) in [4.78, 5) is 11.4. The molecule has 0 atom stereocenters. The van der Waals surface area contributed by atoms with Crippen LogP contribution in [0.1, 0.15) is 17.5 Å². The Morgan fingerprint density at radius 1 is 1.30 bits per heavy atom. The first-order valence-electron chi connectivity index (χ1n) is 6.10. The summed E-state index contributed by atoms with van der Waals surface area (Å²) in [5.41, 5.74) is 7.33. The van der Waals surface area contributed by atoms with Crippen LogP contribution in [0.25, 0.3) is 0 Å². The molecule has 0 saturated heterocycles. The van der Waals surface area contributed by atoms with Crippen LogP contribution in [0, 0.1) is 0 Å². The second-order valence-electron chi connectivity index (χ2n) is 4.22. The Morgan fingerprint density at radius 3 is 2.65 bits per heavy atom. The van der Waals surface area contributed by atoms with Crippen LogP contribution in [0.15, 0.2) is 24.3 Å². The number of halogens is 3. The van der Waals surface area contributed by atoms with Crippen LogP contribution in [0.2, 0.25) is 0 Å². The van der Waals surface area contributed by atoms with E-state index in [-0.39, 0.29) is 18.9 Å². The van der Waals surface area contributed by atoms with Crippen LogP contribution >= 0.6 is 0 Å². The molecule has 112 valence electrons. The molecule has 7 heteroatoms. The maximum Gasteiger partial charge on any atom is 0.411 e. The molecule has 0 fully saturated rings.